The quantitative estimate of drug-likeness (QED) is 0.571. The highest BCUT2D eigenvalue weighted by molar-refractivity contribution is 5.91. The molecule has 0 radical (unpaired) electrons. The van der Waals surface area contributed by atoms with Crippen LogP contribution in [0.15, 0.2) is 49.1 Å². The van der Waals surface area contributed by atoms with Gasteiger partial charge in [-0.05, 0) is 37.0 Å². The van der Waals surface area contributed by atoms with Gasteiger partial charge >= 0.3 is 0 Å². The Morgan fingerprint density at radius 3 is 2.58 bits per heavy atom. The highest BCUT2D eigenvalue weighted by atomic mass is 16.1. The van der Waals surface area contributed by atoms with Crippen molar-refractivity contribution in [2.75, 3.05) is 5.32 Å². The van der Waals surface area contributed by atoms with E-state index in [1.54, 1.807) is 6.08 Å². The van der Waals surface area contributed by atoms with E-state index >= 15 is 0 Å². The van der Waals surface area contributed by atoms with Gasteiger partial charge < -0.3 is 5.32 Å². The second kappa shape index (κ2) is 8.30. The zero-order chi connectivity index (χ0) is 14.1. The average Bonchev–Trinajstić information content (AvgIpc) is 2.40. The molecule has 0 atom stereocenters. The van der Waals surface area contributed by atoms with E-state index in [1.807, 2.05) is 32.1 Å². The normalized spacial score (nSPS) is 10.9. The lowest BCUT2D eigenvalue weighted by Gasteiger charge is -2.08. The summed E-state index contributed by atoms with van der Waals surface area (Å²) >= 11 is 0. The van der Waals surface area contributed by atoms with E-state index in [1.165, 1.54) is 5.56 Å². The summed E-state index contributed by atoms with van der Waals surface area (Å²) in [5.74, 6) is 0.0682. The maximum atomic E-state index is 11.5. The van der Waals surface area contributed by atoms with Crippen LogP contribution in [0, 0.1) is 5.92 Å². The number of carbonyl (C=O) groups excluding carboxylic acids is 1. The van der Waals surface area contributed by atoms with Crippen molar-refractivity contribution in [3.8, 4) is 0 Å². The van der Waals surface area contributed by atoms with Crippen molar-refractivity contribution in [3.05, 3.63) is 54.6 Å². The molecular formula is C17H23NO. The van der Waals surface area contributed by atoms with Crippen LogP contribution in [-0.4, -0.2) is 5.91 Å². The summed E-state index contributed by atoms with van der Waals surface area (Å²) < 4.78 is 0. The summed E-state index contributed by atoms with van der Waals surface area (Å²) in [7, 11) is 0. The summed E-state index contributed by atoms with van der Waals surface area (Å²) in [5, 5.41) is 2.89. The van der Waals surface area contributed by atoms with Gasteiger partial charge in [0.15, 0.2) is 0 Å². The van der Waals surface area contributed by atoms with E-state index < -0.39 is 0 Å². The molecule has 0 bridgehead atoms. The minimum Gasteiger partial charge on any atom is -0.326 e. The first-order valence-electron chi connectivity index (χ1n) is 6.81. The van der Waals surface area contributed by atoms with E-state index in [0.717, 1.165) is 24.9 Å². The van der Waals surface area contributed by atoms with Crippen LogP contribution in [0.1, 0.15) is 32.3 Å². The molecule has 0 fully saturated rings. The predicted molar refractivity (Wildman–Crippen MR) is 82.2 cm³/mol. The molecule has 0 aliphatic carbocycles. The van der Waals surface area contributed by atoms with E-state index in [4.69, 9.17) is 0 Å². The molecule has 1 aromatic rings. The molecule has 1 N–H and O–H groups in total. The van der Waals surface area contributed by atoms with E-state index in [0.29, 0.717) is 0 Å². The minimum atomic E-state index is 0.0105. The average molecular weight is 257 g/mol. The van der Waals surface area contributed by atoms with Crippen molar-refractivity contribution in [1.82, 2.24) is 0 Å². The fraction of sp³-hybridized carbons (Fsp3) is 0.353. The van der Waals surface area contributed by atoms with Crippen molar-refractivity contribution in [3.63, 3.8) is 0 Å². The van der Waals surface area contributed by atoms with E-state index in [-0.39, 0.29) is 11.8 Å². The van der Waals surface area contributed by atoms with Gasteiger partial charge in [0.1, 0.15) is 0 Å². The molecule has 0 saturated heterocycles. The highest BCUT2D eigenvalue weighted by Crippen LogP contribution is 2.13. The Morgan fingerprint density at radius 1 is 1.32 bits per heavy atom. The molecule has 0 aliphatic heterocycles. The summed E-state index contributed by atoms with van der Waals surface area (Å²) in [6, 6.07) is 8.09. The lowest BCUT2D eigenvalue weighted by atomic mass is 10.1. The minimum absolute atomic E-state index is 0.0105. The largest absolute Gasteiger partial charge is 0.326 e. The first kappa shape index (κ1) is 15.2. The molecule has 1 amide bonds. The van der Waals surface area contributed by atoms with Gasteiger partial charge in [-0.1, -0.05) is 50.8 Å². The number of unbranched alkanes of at least 4 members (excludes halogenated alkanes) is 1. The number of benzene rings is 1. The van der Waals surface area contributed by atoms with Crippen LogP contribution in [0.5, 0.6) is 0 Å². The SMILES string of the molecule is C=C/C=C/CCCc1ccc(NC(=O)C(C)C)cc1. The standard InChI is InChI=1S/C17H23NO/c1-4-5-6-7-8-9-15-10-12-16(13-11-15)18-17(19)14(2)3/h4-6,10-14H,1,7-9H2,2-3H3,(H,18,19)/b6-5+. The zero-order valence-corrected chi connectivity index (χ0v) is 11.9. The van der Waals surface area contributed by atoms with Crippen LogP contribution in [0.3, 0.4) is 0 Å². The summed E-state index contributed by atoms with van der Waals surface area (Å²) in [5.41, 5.74) is 2.17. The Kier molecular flexibility index (Phi) is 6.65. The van der Waals surface area contributed by atoms with Gasteiger partial charge in [0.2, 0.25) is 5.91 Å². The number of hydrogen-bond acceptors (Lipinski definition) is 1. The molecule has 1 rings (SSSR count). The smallest absolute Gasteiger partial charge is 0.226 e. The number of hydrogen-bond donors (Lipinski definition) is 1. The van der Waals surface area contributed by atoms with E-state index in [9.17, 15) is 4.79 Å². The molecule has 0 saturated carbocycles. The first-order valence-corrected chi connectivity index (χ1v) is 6.81. The first-order chi connectivity index (χ1) is 9.13. The monoisotopic (exact) mass is 257 g/mol. The number of carbonyl (C=O) groups is 1. The number of nitrogens with one attached hydrogen (secondary N) is 1. The number of allylic oxidation sites excluding steroid dienone is 3. The van der Waals surface area contributed by atoms with Gasteiger partial charge in [0.25, 0.3) is 0 Å². The Balaban J connectivity index is 2.41. The third-order valence-corrected chi connectivity index (χ3v) is 2.85. The molecule has 0 unspecified atom stereocenters. The van der Waals surface area contributed by atoms with Crippen LogP contribution < -0.4 is 5.32 Å². The molecule has 1 aromatic carbocycles. The van der Waals surface area contributed by atoms with Crippen molar-refractivity contribution in [1.29, 1.82) is 0 Å². The third kappa shape index (κ3) is 6.05. The number of amides is 1. The van der Waals surface area contributed by atoms with Gasteiger partial charge in [-0.2, -0.15) is 0 Å². The second-order valence-corrected chi connectivity index (χ2v) is 4.90. The van der Waals surface area contributed by atoms with Gasteiger partial charge in [0.05, 0.1) is 0 Å². The van der Waals surface area contributed by atoms with Gasteiger partial charge in [-0.15, -0.1) is 0 Å². The van der Waals surface area contributed by atoms with Gasteiger partial charge in [-0.25, -0.2) is 0 Å². The topological polar surface area (TPSA) is 29.1 Å². The lowest BCUT2D eigenvalue weighted by molar-refractivity contribution is -0.118. The van der Waals surface area contributed by atoms with Crippen LogP contribution in [0.4, 0.5) is 5.69 Å². The Bertz CT molecular complexity index is 429. The second-order valence-electron chi connectivity index (χ2n) is 4.90. The molecular weight excluding hydrogens is 234 g/mol. The Labute approximate surface area is 116 Å². The Morgan fingerprint density at radius 2 is 2.00 bits per heavy atom. The van der Waals surface area contributed by atoms with E-state index in [2.05, 4.69) is 30.1 Å². The number of anilines is 1. The molecule has 102 valence electrons. The van der Waals surface area contributed by atoms with Crippen molar-refractivity contribution >= 4 is 11.6 Å². The molecule has 0 spiro atoms. The molecule has 0 heterocycles. The molecule has 19 heavy (non-hydrogen) atoms. The highest BCUT2D eigenvalue weighted by Gasteiger charge is 2.06. The predicted octanol–water partition coefficient (Wildman–Crippen LogP) is 4.35. The summed E-state index contributed by atoms with van der Waals surface area (Å²) in [6.45, 7) is 7.42. The van der Waals surface area contributed by atoms with Crippen molar-refractivity contribution < 1.29 is 4.79 Å². The van der Waals surface area contributed by atoms with Crippen molar-refractivity contribution in [2.45, 2.75) is 33.1 Å². The third-order valence-electron chi connectivity index (χ3n) is 2.85. The molecule has 2 nitrogen and oxygen atoms in total. The van der Waals surface area contributed by atoms with Crippen LogP contribution >= 0.6 is 0 Å². The van der Waals surface area contributed by atoms with Crippen LogP contribution in [-0.2, 0) is 11.2 Å². The number of aryl methyl sites for hydroxylation is 1. The van der Waals surface area contributed by atoms with Crippen LogP contribution in [0.2, 0.25) is 0 Å². The summed E-state index contributed by atoms with van der Waals surface area (Å²) in [6.07, 6.45) is 9.15. The van der Waals surface area contributed by atoms with Crippen LogP contribution in [0.25, 0.3) is 0 Å². The molecule has 2 heteroatoms. The van der Waals surface area contributed by atoms with Gasteiger partial charge in [-0.3, -0.25) is 4.79 Å². The summed E-state index contributed by atoms with van der Waals surface area (Å²) in [4.78, 5) is 11.5. The fourth-order valence-electron chi connectivity index (χ4n) is 1.66. The molecule has 0 aliphatic rings. The van der Waals surface area contributed by atoms with Gasteiger partial charge in [0, 0.05) is 11.6 Å². The fourth-order valence-corrected chi connectivity index (χ4v) is 1.66. The zero-order valence-electron chi connectivity index (χ0n) is 11.9. The lowest BCUT2D eigenvalue weighted by Crippen LogP contribution is -2.17. The molecule has 0 aromatic heterocycles. The Hall–Kier alpha value is -1.83. The van der Waals surface area contributed by atoms with Crippen molar-refractivity contribution in [2.24, 2.45) is 5.92 Å². The maximum absolute atomic E-state index is 11.5. The number of rotatable bonds is 7. The maximum Gasteiger partial charge on any atom is 0.226 e.